The fraction of sp³-hybridized carbons (Fsp3) is 0.312. The first kappa shape index (κ1) is 14.8. The van der Waals surface area contributed by atoms with E-state index in [4.69, 9.17) is 25.5 Å². The van der Waals surface area contributed by atoms with E-state index < -0.39 is 0 Å². The van der Waals surface area contributed by atoms with Crippen molar-refractivity contribution < 1.29 is 18.7 Å². The van der Waals surface area contributed by atoms with Gasteiger partial charge in [0, 0.05) is 12.1 Å². The highest BCUT2D eigenvalue weighted by molar-refractivity contribution is 6.32. The lowest BCUT2D eigenvalue weighted by atomic mass is 10.2. The Hall–Kier alpha value is -2.14. The molecule has 2 atom stereocenters. The normalized spacial score (nSPS) is 20.7. The molecule has 0 radical (unpaired) electrons. The van der Waals surface area contributed by atoms with Crippen LogP contribution in [0.3, 0.4) is 0 Å². The lowest BCUT2D eigenvalue weighted by molar-refractivity contribution is -0.141. The van der Waals surface area contributed by atoms with Crippen molar-refractivity contribution in [2.24, 2.45) is 0 Å². The number of cyclic esters (lactones) is 1. The van der Waals surface area contributed by atoms with Crippen molar-refractivity contribution in [2.45, 2.75) is 32.1 Å². The first-order chi connectivity index (χ1) is 10.6. The van der Waals surface area contributed by atoms with Gasteiger partial charge in [0.1, 0.15) is 30.3 Å². The van der Waals surface area contributed by atoms with E-state index in [2.05, 4.69) is 5.32 Å². The van der Waals surface area contributed by atoms with Gasteiger partial charge in [0.05, 0.1) is 11.3 Å². The van der Waals surface area contributed by atoms with Gasteiger partial charge in [0.15, 0.2) is 0 Å². The fourth-order valence-electron chi connectivity index (χ4n) is 2.33. The first-order valence-electron chi connectivity index (χ1n) is 7.03. The van der Waals surface area contributed by atoms with Crippen molar-refractivity contribution >= 4 is 23.3 Å². The van der Waals surface area contributed by atoms with Crippen molar-refractivity contribution in [3.8, 4) is 5.75 Å². The summed E-state index contributed by atoms with van der Waals surface area (Å²) < 4.78 is 15.9. The summed E-state index contributed by atoms with van der Waals surface area (Å²) in [6.45, 7) is 2.18. The first-order valence-corrected chi connectivity index (χ1v) is 7.41. The van der Waals surface area contributed by atoms with Crippen LogP contribution in [-0.4, -0.2) is 18.1 Å². The molecule has 3 rings (SSSR count). The van der Waals surface area contributed by atoms with Crippen LogP contribution in [0.15, 0.2) is 41.0 Å². The van der Waals surface area contributed by atoms with E-state index in [0.29, 0.717) is 23.8 Å². The number of hydrogen-bond donors (Lipinski definition) is 1. The number of nitrogens with one attached hydrogen (secondary N) is 1. The summed E-state index contributed by atoms with van der Waals surface area (Å²) in [6, 6.07) is 8.61. The smallest absolute Gasteiger partial charge is 0.328 e. The van der Waals surface area contributed by atoms with E-state index in [1.54, 1.807) is 24.5 Å². The summed E-state index contributed by atoms with van der Waals surface area (Å²) in [5.74, 6) is 1.05. The Balaban J connectivity index is 1.63. The SMILES string of the molecule is C[C@H]1C[C@H](Nc2ccc(OCc3ccco3)c(Cl)c2)C(=O)O1. The average Bonchev–Trinajstić information content (AvgIpc) is 3.08. The van der Waals surface area contributed by atoms with E-state index in [-0.39, 0.29) is 18.1 Å². The predicted octanol–water partition coefficient (Wildman–Crippen LogP) is 3.63. The predicted molar refractivity (Wildman–Crippen MR) is 82.1 cm³/mol. The topological polar surface area (TPSA) is 60.7 Å². The van der Waals surface area contributed by atoms with Gasteiger partial charge in [-0.3, -0.25) is 0 Å². The minimum atomic E-state index is -0.332. The Morgan fingerprint density at radius 2 is 2.27 bits per heavy atom. The summed E-state index contributed by atoms with van der Waals surface area (Å²) >= 11 is 6.21. The molecule has 2 aromatic rings. The summed E-state index contributed by atoms with van der Waals surface area (Å²) in [5, 5.41) is 3.59. The quantitative estimate of drug-likeness (QED) is 0.852. The highest BCUT2D eigenvalue weighted by Gasteiger charge is 2.31. The molecule has 0 saturated carbocycles. The van der Waals surface area contributed by atoms with E-state index in [0.717, 1.165) is 11.4 Å². The maximum absolute atomic E-state index is 11.6. The second-order valence-electron chi connectivity index (χ2n) is 5.19. The molecule has 1 saturated heterocycles. The zero-order valence-corrected chi connectivity index (χ0v) is 12.8. The Kier molecular flexibility index (Phi) is 4.24. The molecule has 0 bridgehead atoms. The lowest BCUT2D eigenvalue weighted by Crippen LogP contribution is -2.24. The standard InChI is InChI=1S/C16H16ClNO4/c1-10-7-14(16(19)22-10)18-11-4-5-15(13(17)8-11)21-9-12-3-2-6-20-12/h2-6,8,10,14,18H,7,9H2,1H3/t10-,14-/m0/s1. The zero-order valence-electron chi connectivity index (χ0n) is 12.0. The van der Waals surface area contributed by atoms with Gasteiger partial charge in [0.25, 0.3) is 0 Å². The van der Waals surface area contributed by atoms with Crippen molar-refractivity contribution in [1.82, 2.24) is 0 Å². The van der Waals surface area contributed by atoms with E-state index in [9.17, 15) is 4.79 Å². The Morgan fingerprint density at radius 3 is 2.91 bits per heavy atom. The molecule has 1 fully saturated rings. The number of carbonyl (C=O) groups excluding carboxylic acids is 1. The van der Waals surface area contributed by atoms with E-state index >= 15 is 0 Å². The molecule has 0 amide bonds. The molecule has 1 aromatic heterocycles. The molecule has 22 heavy (non-hydrogen) atoms. The molecule has 1 N–H and O–H groups in total. The van der Waals surface area contributed by atoms with Crippen LogP contribution in [-0.2, 0) is 16.1 Å². The maximum atomic E-state index is 11.6. The van der Waals surface area contributed by atoms with Crippen LogP contribution in [0.1, 0.15) is 19.1 Å². The number of halogens is 1. The minimum absolute atomic E-state index is 0.0589. The molecule has 116 valence electrons. The summed E-state index contributed by atoms with van der Waals surface area (Å²) in [6.07, 6.45) is 2.18. The highest BCUT2D eigenvalue weighted by Crippen LogP contribution is 2.29. The molecule has 1 aliphatic heterocycles. The molecule has 6 heteroatoms. The zero-order chi connectivity index (χ0) is 15.5. The molecule has 1 aromatic carbocycles. The monoisotopic (exact) mass is 321 g/mol. The maximum Gasteiger partial charge on any atom is 0.328 e. The second kappa shape index (κ2) is 6.32. The largest absolute Gasteiger partial charge is 0.484 e. The number of rotatable bonds is 5. The van der Waals surface area contributed by atoms with Gasteiger partial charge < -0.3 is 19.2 Å². The average molecular weight is 322 g/mol. The number of carbonyl (C=O) groups is 1. The Morgan fingerprint density at radius 1 is 1.41 bits per heavy atom. The van der Waals surface area contributed by atoms with Crippen LogP contribution in [0.4, 0.5) is 5.69 Å². The second-order valence-corrected chi connectivity index (χ2v) is 5.60. The van der Waals surface area contributed by atoms with Gasteiger partial charge in [-0.25, -0.2) is 4.79 Å². The third kappa shape index (κ3) is 3.36. The summed E-state index contributed by atoms with van der Waals surface area (Å²) in [4.78, 5) is 11.6. The Bertz CT molecular complexity index is 656. The van der Waals surface area contributed by atoms with Crippen LogP contribution in [0, 0.1) is 0 Å². The van der Waals surface area contributed by atoms with Gasteiger partial charge in [0.2, 0.25) is 0 Å². The van der Waals surface area contributed by atoms with Crippen LogP contribution < -0.4 is 10.1 Å². The van der Waals surface area contributed by atoms with Gasteiger partial charge >= 0.3 is 5.97 Å². The third-order valence-electron chi connectivity index (χ3n) is 3.39. The number of ether oxygens (including phenoxy) is 2. The Labute approximate surface area is 133 Å². The molecular weight excluding hydrogens is 306 g/mol. The number of furan rings is 1. The molecule has 5 nitrogen and oxygen atoms in total. The van der Waals surface area contributed by atoms with E-state index in [1.807, 2.05) is 19.1 Å². The molecule has 0 unspecified atom stereocenters. The number of benzene rings is 1. The summed E-state index contributed by atoms with van der Waals surface area (Å²) in [5.41, 5.74) is 0.756. The van der Waals surface area contributed by atoms with Crippen LogP contribution >= 0.6 is 11.6 Å². The van der Waals surface area contributed by atoms with Gasteiger partial charge in [-0.1, -0.05) is 11.6 Å². The van der Waals surface area contributed by atoms with E-state index in [1.165, 1.54) is 0 Å². The lowest BCUT2D eigenvalue weighted by Gasteiger charge is -2.12. The number of anilines is 1. The van der Waals surface area contributed by atoms with Gasteiger partial charge in [-0.15, -0.1) is 0 Å². The molecule has 1 aliphatic rings. The van der Waals surface area contributed by atoms with Gasteiger partial charge in [-0.05, 0) is 37.3 Å². The van der Waals surface area contributed by atoms with Crippen LogP contribution in [0.25, 0.3) is 0 Å². The molecular formula is C16H16ClNO4. The van der Waals surface area contributed by atoms with Crippen LogP contribution in [0.5, 0.6) is 5.75 Å². The van der Waals surface area contributed by atoms with Crippen LogP contribution in [0.2, 0.25) is 5.02 Å². The third-order valence-corrected chi connectivity index (χ3v) is 3.69. The van der Waals surface area contributed by atoms with Crippen molar-refractivity contribution in [2.75, 3.05) is 5.32 Å². The molecule has 0 spiro atoms. The number of hydrogen-bond acceptors (Lipinski definition) is 5. The van der Waals surface area contributed by atoms with Crippen molar-refractivity contribution in [3.63, 3.8) is 0 Å². The van der Waals surface area contributed by atoms with Gasteiger partial charge in [-0.2, -0.15) is 0 Å². The summed E-state index contributed by atoms with van der Waals surface area (Å²) in [7, 11) is 0. The fourth-order valence-corrected chi connectivity index (χ4v) is 2.56. The molecule has 0 aliphatic carbocycles. The minimum Gasteiger partial charge on any atom is -0.484 e. The highest BCUT2D eigenvalue weighted by atomic mass is 35.5. The van der Waals surface area contributed by atoms with Crippen molar-refractivity contribution in [1.29, 1.82) is 0 Å². The number of esters is 1. The molecule has 2 heterocycles. The van der Waals surface area contributed by atoms with Crippen molar-refractivity contribution in [3.05, 3.63) is 47.4 Å².